The van der Waals surface area contributed by atoms with Crippen LogP contribution in [0.1, 0.15) is 11.1 Å². The van der Waals surface area contributed by atoms with E-state index < -0.39 is 4.92 Å². The van der Waals surface area contributed by atoms with Crippen LogP contribution in [-0.2, 0) is 6.54 Å². The second-order valence-corrected chi connectivity index (χ2v) is 6.97. The van der Waals surface area contributed by atoms with Gasteiger partial charge in [0, 0.05) is 46.4 Å². The first kappa shape index (κ1) is 18.7. The van der Waals surface area contributed by atoms with Gasteiger partial charge in [0.05, 0.1) is 16.8 Å². The monoisotopic (exact) mass is 404 g/mol. The molecule has 0 saturated carbocycles. The average molecular weight is 405 g/mol. The summed E-state index contributed by atoms with van der Waals surface area (Å²) in [5.41, 5.74) is 6.88. The van der Waals surface area contributed by atoms with Gasteiger partial charge in [-0.1, -0.05) is 41.9 Å². The van der Waals surface area contributed by atoms with Crippen LogP contribution in [0, 0.1) is 10.1 Å². The van der Waals surface area contributed by atoms with Crippen LogP contribution < -0.4 is 5.43 Å². The maximum Gasteiger partial charge on any atom is 0.269 e. The summed E-state index contributed by atoms with van der Waals surface area (Å²) in [5.74, 6) is 0. The van der Waals surface area contributed by atoms with Gasteiger partial charge in [0.1, 0.15) is 0 Å². The number of nitrogens with zero attached hydrogens (tertiary/aromatic N) is 3. The molecule has 144 valence electrons. The molecule has 0 aliphatic carbocycles. The van der Waals surface area contributed by atoms with Gasteiger partial charge in [0.15, 0.2) is 0 Å². The first-order valence-corrected chi connectivity index (χ1v) is 9.34. The minimum Gasteiger partial charge on any atom is -0.342 e. The lowest BCUT2D eigenvalue weighted by Gasteiger charge is -2.05. The van der Waals surface area contributed by atoms with Gasteiger partial charge in [-0.25, -0.2) is 0 Å². The van der Waals surface area contributed by atoms with E-state index in [1.54, 1.807) is 18.3 Å². The quantitative estimate of drug-likeness (QED) is 0.254. The topological polar surface area (TPSA) is 72.5 Å². The summed E-state index contributed by atoms with van der Waals surface area (Å²) in [6.45, 7) is 0.724. The Labute approximate surface area is 172 Å². The number of fused-ring (bicyclic) bond motifs is 1. The Bertz CT molecular complexity index is 1180. The molecule has 29 heavy (non-hydrogen) atoms. The van der Waals surface area contributed by atoms with Crippen molar-refractivity contribution in [3.63, 3.8) is 0 Å². The molecule has 7 heteroatoms. The summed E-state index contributed by atoms with van der Waals surface area (Å²) < 4.78 is 2.17. The number of nitro benzene ring substituents is 1. The van der Waals surface area contributed by atoms with Crippen molar-refractivity contribution in [2.75, 3.05) is 5.43 Å². The molecule has 0 spiro atoms. The van der Waals surface area contributed by atoms with Crippen LogP contribution in [0.3, 0.4) is 0 Å². The maximum atomic E-state index is 10.7. The van der Waals surface area contributed by atoms with Crippen molar-refractivity contribution in [2.45, 2.75) is 6.54 Å². The Morgan fingerprint density at radius 2 is 1.76 bits per heavy atom. The molecule has 0 saturated heterocycles. The van der Waals surface area contributed by atoms with Crippen molar-refractivity contribution in [1.29, 1.82) is 0 Å². The normalized spacial score (nSPS) is 11.2. The number of non-ortho nitro benzene ring substituents is 1. The number of aromatic nitrogens is 1. The van der Waals surface area contributed by atoms with E-state index in [0.29, 0.717) is 5.69 Å². The van der Waals surface area contributed by atoms with Crippen LogP contribution in [-0.4, -0.2) is 15.7 Å². The number of hydrazone groups is 1. The summed E-state index contributed by atoms with van der Waals surface area (Å²) in [6, 6.07) is 22.1. The number of benzene rings is 3. The number of hydrogen-bond donors (Lipinski definition) is 1. The predicted molar refractivity (Wildman–Crippen MR) is 117 cm³/mol. The Morgan fingerprint density at radius 3 is 2.48 bits per heavy atom. The van der Waals surface area contributed by atoms with Gasteiger partial charge in [-0.2, -0.15) is 5.10 Å². The molecule has 1 heterocycles. The minimum absolute atomic E-state index is 0.0461. The molecule has 3 aromatic carbocycles. The lowest BCUT2D eigenvalue weighted by Crippen LogP contribution is -1.97. The SMILES string of the molecule is O=[N+]([O-])c1ccc(N/N=C/c2cn(Cc3ccc(Cl)cc3)c3ccccc23)cc1. The number of anilines is 1. The molecule has 6 nitrogen and oxygen atoms in total. The van der Waals surface area contributed by atoms with Crippen molar-refractivity contribution < 1.29 is 4.92 Å². The van der Waals surface area contributed by atoms with E-state index in [1.807, 2.05) is 36.4 Å². The third kappa shape index (κ3) is 4.28. The van der Waals surface area contributed by atoms with Crippen molar-refractivity contribution in [1.82, 2.24) is 4.57 Å². The molecular weight excluding hydrogens is 388 g/mol. The molecule has 1 aromatic heterocycles. The van der Waals surface area contributed by atoms with Crippen LogP contribution in [0.25, 0.3) is 10.9 Å². The highest BCUT2D eigenvalue weighted by Gasteiger charge is 2.07. The molecule has 0 aliphatic heterocycles. The summed E-state index contributed by atoms with van der Waals surface area (Å²) in [7, 11) is 0. The van der Waals surface area contributed by atoms with Crippen LogP contribution in [0.15, 0.2) is 84.1 Å². The maximum absolute atomic E-state index is 10.7. The molecule has 0 aliphatic rings. The van der Waals surface area contributed by atoms with Gasteiger partial charge in [-0.15, -0.1) is 0 Å². The Morgan fingerprint density at radius 1 is 1.03 bits per heavy atom. The van der Waals surface area contributed by atoms with E-state index in [2.05, 4.69) is 33.4 Å². The van der Waals surface area contributed by atoms with Crippen molar-refractivity contribution in [2.24, 2.45) is 5.10 Å². The van der Waals surface area contributed by atoms with E-state index in [-0.39, 0.29) is 5.69 Å². The third-order valence-corrected chi connectivity index (χ3v) is 4.81. The largest absolute Gasteiger partial charge is 0.342 e. The average Bonchev–Trinajstić information content (AvgIpc) is 3.08. The zero-order chi connectivity index (χ0) is 20.2. The van der Waals surface area contributed by atoms with E-state index in [1.165, 1.54) is 12.1 Å². The van der Waals surface area contributed by atoms with Crippen molar-refractivity contribution >= 4 is 40.1 Å². The summed E-state index contributed by atoms with van der Waals surface area (Å²) in [5, 5.41) is 16.8. The van der Waals surface area contributed by atoms with Crippen LogP contribution >= 0.6 is 11.6 Å². The number of halogens is 1. The van der Waals surface area contributed by atoms with Crippen LogP contribution in [0.2, 0.25) is 5.02 Å². The zero-order valence-electron chi connectivity index (χ0n) is 15.3. The number of hydrogen-bond acceptors (Lipinski definition) is 4. The fourth-order valence-corrected chi connectivity index (χ4v) is 3.26. The summed E-state index contributed by atoms with van der Waals surface area (Å²) in [6.07, 6.45) is 3.81. The molecule has 4 aromatic rings. The number of nitrogens with one attached hydrogen (secondary N) is 1. The van der Waals surface area contributed by atoms with E-state index >= 15 is 0 Å². The van der Waals surface area contributed by atoms with Crippen LogP contribution in [0.5, 0.6) is 0 Å². The van der Waals surface area contributed by atoms with Gasteiger partial charge in [0.25, 0.3) is 5.69 Å². The first-order chi connectivity index (χ1) is 14.1. The first-order valence-electron chi connectivity index (χ1n) is 8.96. The lowest BCUT2D eigenvalue weighted by atomic mass is 10.2. The number of nitro groups is 1. The fourth-order valence-electron chi connectivity index (χ4n) is 3.13. The standard InChI is InChI=1S/C22H17ClN4O2/c23-18-7-5-16(6-8-18)14-26-15-17(21-3-1-2-4-22(21)26)13-24-25-19-9-11-20(12-10-19)27(28)29/h1-13,15,25H,14H2/b24-13+. The molecular formula is C22H17ClN4O2. The second kappa shape index (κ2) is 8.16. The van der Waals surface area contributed by atoms with Gasteiger partial charge >= 0.3 is 0 Å². The number of para-hydroxylation sites is 1. The predicted octanol–water partition coefficient (Wildman–Crippen LogP) is 5.70. The highest BCUT2D eigenvalue weighted by Crippen LogP contribution is 2.22. The molecule has 0 fully saturated rings. The lowest BCUT2D eigenvalue weighted by molar-refractivity contribution is -0.384. The minimum atomic E-state index is -0.428. The van der Waals surface area contributed by atoms with Gasteiger partial charge < -0.3 is 4.57 Å². The fraction of sp³-hybridized carbons (Fsp3) is 0.0455. The van der Waals surface area contributed by atoms with E-state index in [9.17, 15) is 10.1 Å². The van der Waals surface area contributed by atoms with Crippen molar-refractivity contribution in [3.05, 3.63) is 105 Å². The van der Waals surface area contributed by atoms with Gasteiger partial charge in [-0.3, -0.25) is 15.5 Å². The Kier molecular flexibility index (Phi) is 5.27. The molecule has 1 N–H and O–H groups in total. The smallest absolute Gasteiger partial charge is 0.269 e. The Balaban J connectivity index is 1.56. The van der Waals surface area contributed by atoms with Crippen LogP contribution in [0.4, 0.5) is 11.4 Å². The highest BCUT2D eigenvalue weighted by atomic mass is 35.5. The summed E-state index contributed by atoms with van der Waals surface area (Å²) >= 11 is 5.98. The summed E-state index contributed by atoms with van der Waals surface area (Å²) in [4.78, 5) is 10.3. The Hall–Kier alpha value is -3.64. The molecule has 0 atom stereocenters. The highest BCUT2D eigenvalue weighted by molar-refractivity contribution is 6.30. The second-order valence-electron chi connectivity index (χ2n) is 6.53. The molecule has 0 bridgehead atoms. The third-order valence-electron chi connectivity index (χ3n) is 4.56. The van der Waals surface area contributed by atoms with Gasteiger partial charge in [0.2, 0.25) is 0 Å². The molecule has 4 rings (SSSR count). The zero-order valence-corrected chi connectivity index (χ0v) is 16.1. The van der Waals surface area contributed by atoms with Gasteiger partial charge in [-0.05, 0) is 35.9 Å². The number of rotatable bonds is 6. The van der Waals surface area contributed by atoms with Crippen molar-refractivity contribution in [3.8, 4) is 0 Å². The molecule has 0 radical (unpaired) electrons. The van der Waals surface area contributed by atoms with E-state index in [4.69, 9.17) is 11.6 Å². The molecule has 0 unspecified atom stereocenters. The molecule has 0 amide bonds. The van der Waals surface area contributed by atoms with E-state index in [0.717, 1.165) is 33.6 Å².